The van der Waals surface area contributed by atoms with Crippen LogP contribution in [-0.4, -0.2) is 0 Å². The van der Waals surface area contributed by atoms with Gasteiger partial charge in [0.1, 0.15) is 22.3 Å². The van der Waals surface area contributed by atoms with Crippen LogP contribution >= 0.6 is 23.4 Å². The molecule has 0 N–H and O–H groups in total. The van der Waals surface area contributed by atoms with E-state index in [9.17, 15) is 0 Å². The minimum absolute atomic E-state index is 0.599. The topological polar surface area (TPSA) is 32.8 Å². The molecule has 10 aromatic rings. The molecule has 8 aromatic carbocycles. The van der Waals surface area contributed by atoms with Crippen LogP contribution in [0.25, 0.3) is 43.9 Å². The van der Waals surface area contributed by atoms with Gasteiger partial charge in [-0.2, -0.15) is 0 Å². The Kier molecular flexibility index (Phi) is 8.09. The summed E-state index contributed by atoms with van der Waals surface area (Å²) in [5.41, 5.74) is 9.16. The smallest absolute Gasteiger partial charge is 0.139 e. The number of anilines is 6. The molecule has 0 saturated carbocycles. The molecule has 2 heterocycles. The van der Waals surface area contributed by atoms with Crippen LogP contribution in [0.5, 0.6) is 0 Å². The molecule has 0 aliphatic rings. The number of nitrogens with zero attached hydrogens (tertiary/aromatic N) is 2. The van der Waals surface area contributed by atoms with Crippen molar-refractivity contribution in [3.63, 3.8) is 0 Å². The van der Waals surface area contributed by atoms with Crippen molar-refractivity contribution in [3.8, 4) is 0 Å². The molecule has 2 aromatic heterocycles. The van der Waals surface area contributed by atoms with Gasteiger partial charge in [0.25, 0.3) is 0 Å². The van der Waals surface area contributed by atoms with Gasteiger partial charge < -0.3 is 18.6 Å². The molecule has 6 heteroatoms. The van der Waals surface area contributed by atoms with Gasteiger partial charge in [-0.15, -0.1) is 0 Å². The van der Waals surface area contributed by atoms with Crippen molar-refractivity contribution in [2.45, 2.75) is 9.79 Å². The zero-order valence-electron chi connectivity index (χ0n) is 28.9. The number of fused-ring (bicyclic) bond motifs is 6. The lowest BCUT2D eigenvalue weighted by Gasteiger charge is -2.30. The van der Waals surface area contributed by atoms with Crippen LogP contribution in [0.15, 0.2) is 207 Å². The molecular formula is C48H31ClN2O2S. The summed E-state index contributed by atoms with van der Waals surface area (Å²) >= 11 is 8.61. The molecule has 0 radical (unpaired) electrons. The predicted octanol–water partition coefficient (Wildman–Crippen LogP) is 15.2. The lowest BCUT2D eigenvalue weighted by Crippen LogP contribution is -2.13. The first-order valence-electron chi connectivity index (χ1n) is 17.8. The summed E-state index contributed by atoms with van der Waals surface area (Å²) in [5.74, 6) is 0. The second-order valence-corrected chi connectivity index (χ2v) is 14.6. The van der Waals surface area contributed by atoms with Crippen molar-refractivity contribution in [1.82, 2.24) is 0 Å². The van der Waals surface area contributed by atoms with Gasteiger partial charge in [0.2, 0.25) is 0 Å². The Morgan fingerprint density at radius 2 is 0.907 bits per heavy atom. The van der Waals surface area contributed by atoms with E-state index in [1.165, 1.54) is 0 Å². The van der Waals surface area contributed by atoms with E-state index in [2.05, 4.69) is 143 Å². The molecule has 4 nitrogen and oxygen atoms in total. The third kappa shape index (κ3) is 5.75. The molecule has 54 heavy (non-hydrogen) atoms. The highest BCUT2D eigenvalue weighted by Gasteiger charge is 2.23. The SMILES string of the molecule is Clc1cc(N(c2ccccc2)c2cccc(N(c3ccccc3)c3cc(Sc4ccccc4)c4c(c3)oc3ccccc34)c2)c2c(c1)oc1ccccc12. The van der Waals surface area contributed by atoms with Crippen molar-refractivity contribution in [2.75, 3.05) is 9.80 Å². The maximum Gasteiger partial charge on any atom is 0.139 e. The second kappa shape index (κ2) is 13.5. The van der Waals surface area contributed by atoms with Crippen LogP contribution in [0, 0.1) is 0 Å². The van der Waals surface area contributed by atoms with Crippen molar-refractivity contribution >= 4 is 101 Å². The highest BCUT2D eigenvalue weighted by Crippen LogP contribution is 2.48. The van der Waals surface area contributed by atoms with E-state index in [1.807, 2.05) is 54.6 Å². The standard InChI is InChI=1S/C48H31ClN2O2S/c49-32-27-41(47-39-23-10-12-25-42(39)52-44(47)28-32)51(34-17-6-2-7-18-34)36-20-14-19-35(29-36)50(33-15-4-1-5-16-33)37-30-45-48(40-24-11-13-26-43(40)53-45)46(31-37)54-38-21-8-3-9-22-38/h1-31H. The normalized spacial score (nSPS) is 11.5. The highest BCUT2D eigenvalue weighted by molar-refractivity contribution is 7.99. The maximum absolute atomic E-state index is 6.86. The number of furan rings is 2. The van der Waals surface area contributed by atoms with E-state index < -0.39 is 0 Å². The first-order chi connectivity index (χ1) is 26.7. The lowest BCUT2D eigenvalue weighted by atomic mass is 10.1. The molecule has 0 atom stereocenters. The molecule has 0 fully saturated rings. The van der Waals surface area contributed by atoms with Crippen molar-refractivity contribution in [1.29, 1.82) is 0 Å². The first kappa shape index (κ1) is 32.3. The van der Waals surface area contributed by atoms with Crippen LogP contribution in [0.1, 0.15) is 0 Å². The number of rotatable bonds is 8. The molecule has 0 amide bonds. The monoisotopic (exact) mass is 734 g/mol. The fraction of sp³-hybridized carbons (Fsp3) is 0. The minimum atomic E-state index is 0.599. The molecule has 0 saturated heterocycles. The highest BCUT2D eigenvalue weighted by atomic mass is 35.5. The van der Waals surface area contributed by atoms with E-state index in [-0.39, 0.29) is 0 Å². The quantitative estimate of drug-likeness (QED) is 0.155. The van der Waals surface area contributed by atoms with Crippen LogP contribution in [0.2, 0.25) is 5.02 Å². The Labute approximate surface area is 321 Å². The van der Waals surface area contributed by atoms with Gasteiger partial charge in [-0.1, -0.05) is 120 Å². The zero-order valence-corrected chi connectivity index (χ0v) is 30.5. The number of benzene rings is 8. The van der Waals surface area contributed by atoms with Gasteiger partial charge in [0.15, 0.2) is 0 Å². The number of hydrogen-bond donors (Lipinski definition) is 0. The Hall–Kier alpha value is -6.40. The Bertz CT molecular complexity index is 2940. The molecule has 0 spiro atoms. The summed E-state index contributed by atoms with van der Waals surface area (Å²) < 4.78 is 12.9. The van der Waals surface area contributed by atoms with Gasteiger partial charge in [0.05, 0.1) is 16.8 Å². The Morgan fingerprint density at radius 3 is 1.57 bits per heavy atom. The fourth-order valence-electron chi connectivity index (χ4n) is 7.40. The summed E-state index contributed by atoms with van der Waals surface area (Å²) in [5, 5.41) is 4.84. The predicted molar refractivity (Wildman–Crippen MR) is 226 cm³/mol. The van der Waals surface area contributed by atoms with Crippen LogP contribution in [0.3, 0.4) is 0 Å². The molecule has 258 valence electrons. The number of halogens is 1. The fourth-order valence-corrected chi connectivity index (χ4v) is 8.65. The average molecular weight is 735 g/mol. The van der Waals surface area contributed by atoms with E-state index in [1.54, 1.807) is 11.8 Å². The van der Waals surface area contributed by atoms with Gasteiger partial charge in [-0.3, -0.25) is 0 Å². The molecule has 0 aliphatic heterocycles. The summed E-state index contributed by atoms with van der Waals surface area (Å²) in [6.07, 6.45) is 0. The van der Waals surface area contributed by atoms with E-state index in [0.29, 0.717) is 5.02 Å². The molecule has 10 rings (SSSR count). The second-order valence-electron chi connectivity index (χ2n) is 13.1. The summed E-state index contributed by atoms with van der Waals surface area (Å²) in [6, 6.07) is 64.9. The third-order valence-corrected chi connectivity index (χ3v) is 11.0. The van der Waals surface area contributed by atoms with Gasteiger partial charge >= 0.3 is 0 Å². The van der Waals surface area contributed by atoms with E-state index in [0.717, 1.165) is 87.8 Å². The van der Waals surface area contributed by atoms with Crippen molar-refractivity contribution in [3.05, 3.63) is 193 Å². The van der Waals surface area contributed by atoms with Gasteiger partial charge in [-0.25, -0.2) is 0 Å². The molecule has 0 bridgehead atoms. The van der Waals surface area contributed by atoms with Crippen molar-refractivity contribution < 1.29 is 8.83 Å². The first-order valence-corrected chi connectivity index (χ1v) is 19.0. The van der Waals surface area contributed by atoms with E-state index in [4.69, 9.17) is 20.4 Å². The van der Waals surface area contributed by atoms with Crippen LogP contribution in [-0.2, 0) is 0 Å². The van der Waals surface area contributed by atoms with Crippen molar-refractivity contribution in [2.24, 2.45) is 0 Å². The summed E-state index contributed by atoms with van der Waals surface area (Å²) in [4.78, 5) is 6.85. The molecule has 0 unspecified atom stereocenters. The van der Waals surface area contributed by atoms with E-state index >= 15 is 0 Å². The maximum atomic E-state index is 6.86. The van der Waals surface area contributed by atoms with Gasteiger partial charge in [-0.05, 0) is 78.9 Å². The number of hydrogen-bond acceptors (Lipinski definition) is 5. The summed E-state index contributed by atoms with van der Waals surface area (Å²) in [7, 11) is 0. The van der Waals surface area contributed by atoms with Gasteiger partial charge in [0, 0.05) is 65.9 Å². The average Bonchev–Trinajstić information content (AvgIpc) is 3.78. The van der Waals surface area contributed by atoms with Crippen LogP contribution < -0.4 is 9.80 Å². The minimum Gasteiger partial charge on any atom is -0.456 e. The van der Waals surface area contributed by atoms with Crippen LogP contribution in [0.4, 0.5) is 34.1 Å². The largest absolute Gasteiger partial charge is 0.456 e. The third-order valence-electron chi connectivity index (χ3n) is 9.69. The Morgan fingerprint density at radius 1 is 0.389 bits per heavy atom. The molecule has 0 aliphatic carbocycles. The molecular weight excluding hydrogens is 704 g/mol. The summed E-state index contributed by atoms with van der Waals surface area (Å²) in [6.45, 7) is 0. The lowest BCUT2D eigenvalue weighted by molar-refractivity contribution is 0.668. The number of para-hydroxylation sites is 4. The zero-order chi connectivity index (χ0) is 36.0. The Balaban J connectivity index is 1.19.